The van der Waals surface area contributed by atoms with Gasteiger partial charge in [0, 0.05) is 11.8 Å². The van der Waals surface area contributed by atoms with E-state index in [1.165, 1.54) is 0 Å². The van der Waals surface area contributed by atoms with Crippen molar-refractivity contribution in [1.82, 2.24) is 4.98 Å². The molecule has 1 N–H and O–H groups in total. The molecule has 0 aliphatic rings. The molecule has 130 valence electrons. The number of carboxylic acid groups (broad SMARTS) is 1. The molecule has 1 aromatic heterocycles. The monoisotopic (exact) mass is 345 g/mol. The smallest absolute Gasteiger partial charge is 0.311 e. The Hall–Kier alpha value is -3.32. The molecule has 0 aliphatic carbocycles. The van der Waals surface area contributed by atoms with Crippen LogP contribution in [0.5, 0.6) is 5.75 Å². The molecule has 3 rings (SSSR count). The summed E-state index contributed by atoms with van der Waals surface area (Å²) in [5, 5.41) is 10.4. The summed E-state index contributed by atoms with van der Waals surface area (Å²) in [4.78, 5) is 16.0. The zero-order valence-electron chi connectivity index (χ0n) is 14.5. The summed E-state index contributed by atoms with van der Waals surface area (Å²) < 4.78 is 5.78. The highest BCUT2D eigenvalue weighted by molar-refractivity contribution is 5.78. The maximum Gasteiger partial charge on any atom is 0.311 e. The van der Waals surface area contributed by atoms with Crippen molar-refractivity contribution < 1.29 is 14.6 Å². The fourth-order valence-electron chi connectivity index (χ4n) is 2.69. The number of aliphatic carboxylic acids is 1. The van der Waals surface area contributed by atoms with Gasteiger partial charge in [-0.15, -0.1) is 11.8 Å². The van der Waals surface area contributed by atoms with Crippen LogP contribution >= 0.6 is 0 Å². The number of nitrogens with zero attached hydrogens (tertiary/aromatic N) is 1. The lowest BCUT2D eigenvalue weighted by atomic mass is 9.96. The molecular weight excluding hydrogens is 326 g/mol. The third-order valence-corrected chi connectivity index (χ3v) is 4.11. The van der Waals surface area contributed by atoms with E-state index < -0.39 is 11.9 Å². The SMILES string of the molecule is CC#CCC(C(=O)O)c1ccc(OCc2ccc3ccccc3n2)cc1. The summed E-state index contributed by atoms with van der Waals surface area (Å²) >= 11 is 0. The maximum absolute atomic E-state index is 11.4. The van der Waals surface area contributed by atoms with Gasteiger partial charge in [-0.2, -0.15) is 0 Å². The second-order valence-electron chi connectivity index (χ2n) is 5.87. The Morgan fingerprint density at radius 1 is 1.12 bits per heavy atom. The number of pyridine rings is 1. The molecule has 1 unspecified atom stereocenters. The summed E-state index contributed by atoms with van der Waals surface area (Å²) in [5.41, 5.74) is 2.50. The molecule has 3 aromatic rings. The van der Waals surface area contributed by atoms with Crippen molar-refractivity contribution in [2.24, 2.45) is 0 Å². The zero-order valence-corrected chi connectivity index (χ0v) is 14.5. The largest absolute Gasteiger partial charge is 0.487 e. The fourth-order valence-corrected chi connectivity index (χ4v) is 2.69. The summed E-state index contributed by atoms with van der Waals surface area (Å²) in [6, 6.07) is 19.0. The van der Waals surface area contributed by atoms with Gasteiger partial charge < -0.3 is 9.84 Å². The summed E-state index contributed by atoms with van der Waals surface area (Å²) in [7, 11) is 0. The van der Waals surface area contributed by atoms with E-state index in [-0.39, 0.29) is 0 Å². The number of fused-ring (bicyclic) bond motifs is 1. The molecule has 0 amide bonds. The minimum Gasteiger partial charge on any atom is -0.487 e. The van der Waals surface area contributed by atoms with Crippen molar-refractivity contribution in [1.29, 1.82) is 0 Å². The Morgan fingerprint density at radius 3 is 2.62 bits per heavy atom. The number of para-hydroxylation sites is 1. The molecule has 26 heavy (non-hydrogen) atoms. The molecule has 1 atom stereocenters. The number of benzene rings is 2. The van der Waals surface area contributed by atoms with Gasteiger partial charge in [0.05, 0.1) is 17.1 Å². The van der Waals surface area contributed by atoms with Crippen molar-refractivity contribution in [3.8, 4) is 17.6 Å². The predicted octanol–water partition coefficient (Wildman–Crippen LogP) is 4.40. The lowest BCUT2D eigenvalue weighted by Crippen LogP contribution is -2.10. The molecule has 1 heterocycles. The Kier molecular flexibility index (Phi) is 5.50. The number of hydrogen-bond acceptors (Lipinski definition) is 3. The van der Waals surface area contributed by atoms with Gasteiger partial charge in [0.15, 0.2) is 0 Å². The average Bonchev–Trinajstić information content (AvgIpc) is 2.67. The van der Waals surface area contributed by atoms with Crippen LogP contribution in [0, 0.1) is 11.8 Å². The Balaban J connectivity index is 1.68. The highest BCUT2D eigenvalue weighted by Crippen LogP contribution is 2.23. The van der Waals surface area contributed by atoms with Gasteiger partial charge in [-0.25, -0.2) is 4.98 Å². The van der Waals surface area contributed by atoms with Crippen LogP contribution in [-0.4, -0.2) is 16.1 Å². The second kappa shape index (κ2) is 8.17. The van der Waals surface area contributed by atoms with Gasteiger partial charge in [-0.1, -0.05) is 36.4 Å². The lowest BCUT2D eigenvalue weighted by Gasteiger charge is -2.11. The quantitative estimate of drug-likeness (QED) is 0.673. The van der Waals surface area contributed by atoms with Gasteiger partial charge >= 0.3 is 5.97 Å². The first-order valence-corrected chi connectivity index (χ1v) is 8.37. The van der Waals surface area contributed by atoms with Crippen molar-refractivity contribution in [3.63, 3.8) is 0 Å². The Bertz CT molecular complexity index is 968. The maximum atomic E-state index is 11.4. The van der Waals surface area contributed by atoms with Crippen molar-refractivity contribution in [2.75, 3.05) is 0 Å². The highest BCUT2D eigenvalue weighted by atomic mass is 16.5. The summed E-state index contributed by atoms with van der Waals surface area (Å²) in [5.74, 6) is 4.75. The molecule has 4 heteroatoms. The molecule has 0 bridgehead atoms. The van der Waals surface area contributed by atoms with Crippen molar-refractivity contribution in [2.45, 2.75) is 25.9 Å². The number of carbonyl (C=O) groups is 1. The number of ether oxygens (including phenoxy) is 1. The predicted molar refractivity (Wildman–Crippen MR) is 101 cm³/mol. The van der Waals surface area contributed by atoms with Crippen LogP contribution in [0.15, 0.2) is 60.7 Å². The molecule has 0 fully saturated rings. The lowest BCUT2D eigenvalue weighted by molar-refractivity contribution is -0.138. The second-order valence-corrected chi connectivity index (χ2v) is 5.87. The molecule has 0 saturated heterocycles. The molecule has 0 radical (unpaired) electrons. The normalized spacial score (nSPS) is 11.4. The van der Waals surface area contributed by atoms with Gasteiger partial charge in [-0.3, -0.25) is 4.79 Å². The van der Waals surface area contributed by atoms with Crippen LogP contribution in [-0.2, 0) is 11.4 Å². The summed E-state index contributed by atoms with van der Waals surface area (Å²) in [6.45, 7) is 2.06. The van der Waals surface area contributed by atoms with Crippen molar-refractivity contribution in [3.05, 3.63) is 71.9 Å². The topological polar surface area (TPSA) is 59.4 Å². The van der Waals surface area contributed by atoms with Crippen LogP contribution in [0.2, 0.25) is 0 Å². The standard InChI is InChI=1S/C22H19NO3/c1-2-3-7-20(22(24)25)16-10-13-19(14-11-16)26-15-18-12-9-17-6-4-5-8-21(17)23-18/h4-6,8-14,20H,7,15H2,1H3,(H,24,25). The number of aromatic nitrogens is 1. The first-order valence-electron chi connectivity index (χ1n) is 8.37. The number of hydrogen-bond donors (Lipinski definition) is 1. The number of rotatable bonds is 6. The van der Waals surface area contributed by atoms with Gasteiger partial charge in [-0.05, 0) is 36.8 Å². The molecule has 0 spiro atoms. The molecular formula is C22H19NO3. The minimum absolute atomic E-state index is 0.299. The molecule has 0 saturated carbocycles. The average molecular weight is 345 g/mol. The van der Waals surface area contributed by atoms with E-state index in [4.69, 9.17) is 4.74 Å². The van der Waals surface area contributed by atoms with Crippen LogP contribution in [0.4, 0.5) is 0 Å². The van der Waals surface area contributed by atoms with Gasteiger partial charge in [0.1, 0.15) is 12.4 Å². The summed E-state index contributed by atoms with van der Waals surface area (Å²) in [6.07, 6.45) is 0.299. The first-order chi connectivity index (χ1) is 12.7. The van der Waals surface area contributed by atoms with Crippen LogP contribution in [0.25, 0.3) is 10.9 Å². The van der Waals surface area contributed by atoms with Crippen molar-refractivity contribution >= 4 is 16.9 Å². The number of carboxylic acids is 1. The fraction of sp³-hybridized carbons (Fsp3) is 0.182. The third kappa shape index (κ3) is 4.20. The zero-order chi connectivity index (χ0) is 18.4. The third-order valence-electron chi connectivity index (χ3n) is 4.11. The molecule has 4 nitrogen and oxygen atoms in total. The van der Waals surface area contributed by atoms with E-state index in [9.17, 15) is 9.90 Å². The first kappa shape index (κ1) is 17.5. The molecule has 0 aliphatic heterocycles. The van der Waals surface area contributed by atoms with E-state index in [1.54, 1.807) is 31.2 Å². The van der Waals surface area contributed by atoms with Gasteiger partial charge in [0.2, 0.25) is 0 Å². The van der Waals surface area contributed by atoms with Gasteiger partial charge in [0.25, 0.3) is 0 Å². The van der Waals surface area contributed by atoms with Crippen LogP contribution in [0.1, 0.15) is 30.5 Å². The van der Waals surface area contributed by atoms with E-state index in [0.29, 0.717) is 18.8 Å². The Labute approximate surface area is 152 Å². The van der Waals surface area contributed by atoms with E-state index >= 15 is 0 Å². The molecule has 2 aromatic carbocycles. The minimum atomic E-state index is -0.873. The van der Waals surface area contributed by atoms with Crippen LogP contribution < -0.4 is 4.74 Å². The van der Waals surface area contributed by atoms with Crippen LogP contribution in [0.3, 0.4) is 0 Å². The highest BCUT2D eigenvalue weighted by Gasteiger charge is 2.18. The van der Waals surface area contributed by atoms with E-state index in [2.05, 4.69) is 16.8 Å². The Morgan fingerprint density at radius 2 is 1.88 bits per heavy atom. The van der Waals surface area contributed by atoms with E-state index in [0.717, 1.165) is 22.2 Å². The van der Waals surface area contributed by atoms with E-state index in [1.807, 2.05) is 36.4 Å².